The molecule has 58 valence electrons. The molecule has 0 saturated carbocycles. The number of nitrogens with one attached hydrogen (secondary N) is 1. The zero-order chi connectivity index (χ0) is 8.27. The molecule has 3 heteroatoms. The molecule has 0 saturated heterocycles. The van der Waals surface area contributed by atoms with Crippen LogP contribution in [0.25, 0.3) is 0 Å². The maximum atomic E-state index is 9.01. The number of benzene rings is 1. The van der Waals surface area contributed by atoms with Gasteiger partial charge in [-0.2, -0.15) is 0 Å². The fourth-order valence-electron chi connectivity index (χ4n) is 0.819. The summed E-state index contributed by atoms with van der Waals surface area (Å²) in [6, 6.07) is 4.62. The third-order valence-electron chi connectivity index (χ3n) is 1.37. The van der Waals surface area contributed by atoms with Gasteiger partial charge in [0, 0.05) is 17.8 Å². The van der Waals surface area contributed by atoms with Crippen molar-refractivity contribution in [1.82, 2.24) is 0 Å². The molecule has 0 radical (unpaired) electrons. The highest BCUT2D eigenvalue weighted by Gasteiger charge is 1.99. The van der Waals surface area contributed by atoms with Gasteiger partial charge in [-0.05, 0) is 12.1 Å². The molecule has 11 heavy (non-hydrogen) atoms. The molecule has 0 aliphatic heterocycles. The van der Waals surface area contributed by atoms with Crippen molar-refractivity contribution in [1.29, 1.82) is 5.41 Å². The van der Waals surface area contributed by atoms with Gasteiger partial charge in [0.05, 0.1) is 7.11 Å². The Morgan fingerprint density at radius 1 is 1.55 bits per heavy atom. The lowest BCUT2D eigenvalue weighted by Gasteiger charge is -2.03. The molecule has 0 heterocycles. The number of methoxy groups -OCH3 is 1. The third-order valence-corrected chi connectivity index (χ3v) is 1.37. The zero-order valence-electron chi connectivity index (χ0n) is 6.16. The first-order chi connectivity index (χ1) is 5.27. The topological polar surface area (TPSA) is 53.3 Å². The van der Waals surface area contributed by atoms with Crippen molar-refractivity contribution in [3.63, 3.8) is 0 Å². The van der Waals surface area contributed by atoms with Crippen LogP contribution in [0.2, 0.25) is 0 Å². The minimum atomic E-state index is 0.146. The normalized spacial score (nSPS) is 9.18. The molecule has 3 nitrogen and oxygen atoms in total. The number of rotatable bonds is 2. The molecule has 2 N–H and O–H groups in total. The Kier molecular flexibility index (Phi) is 2.11. The van der Waals surface area contributed by atoms with E-state index < -0.39 is 0 Å². The smallest absolute Gasteiger partial charge is 0.131 e. The van der Waals surface area contributed by atoms with Gasteiger partial charge in [0.25, 0.3) is 0 Å². The largest absolute Gasteiger partial charge is 0.508 e. The number of aromatic hydroxyl groups is 1. The molecule has 0 aliphatic carbocycles. The number of phenols is 1. The van der Waals surface area contributed by atoms with Gasteiger partial charge < -0.3 is 15.3 Å². The molecule has 0 fully saturated rings. The van der Waals surface area contributed by atoms with Crippen LogP contribution in [0.3, 0.4) is 0 Å². The van der Waals surface area contributed by atoms with Crippen LogP contribution < -0.4 is 4.74 Å². The van der Waals surface area contributed by atoms with E-state index in [-0.39, 0.29) is 5.75 Å². The number of phenolic OH excluding ortho intramolecular Hbond substituents is 1. The van der Waals surface area contributed by atoms with Crippen LogP contribution in [0, 0.1) is 5.41 Å². The van der Waals surface area contributed by atoms with Gasteiger partial charge in [-0.3, -0.25) is 0 Å². The Balaban J connectivity index is 3.16. The minimum absolute atomic E-state index is 0.146. The average Bonchev–Trinajstić information content (AvgIpc) is 2.04. The molecule has 0 spiro atoms. The van der Waals surface area contributed by atoms with E-state index in [0.717, 1.165) is 0 Å². The Bertz CT molecular complexity index is 271. The minimum Gasteiger partial charge on any atom is -0.508 e. The number of ether oxygens (including phenoxy) is 1. The molecular formula is C8H9NO2. The van der Waals surface area contributed by atoms with Crippen LogP contribution in [-0.4, -0.2) is 18.4 Å². The molecule has 1 aromatic rings. The predicted molar refractivity (Wildman–Crippen MR) is 42.5 cm³/mol. The highest BCUT2D eigenvalue weighted by atomic mass is 16.5. The summed E-state index contributed by atoms with van der Waals surface area (Å²) < 4.78 is 4.91. The fraction of sp³-hybridized carbons (Fsp3) is 0.125. The third kappa shape index (κ3) is 1.49. The van der Waals surface area contributed by atoms with Crippen LogP contribution in [0.5, 0.6) is 11.5 Å². The summed E-state index contributed by atoms with van der Waals surface area (Å²) in [5.74, 6) is 0.660. The first-order valence-electron chi connectivity index (χ1n) is 3.15. The summed E-state index contributed by atoms with van der Waals surface area (Å²) >= 11 is 0. The number of hydrogen-bond acceptors (Lipinski definition) is 3. The van der Waals surface area contributed by atoms with Gasteiger partial charge in [-0.1, -0.05) is 0 Å². The van der Waals surface area contributed by atoms with Crippen molar-refractivity contribution in [3.8, 4) is 11.5 Å². The zero-order valence-corrected chi connectivity index (χ0v) is 6.16. The van der Waals surface area contributed by atoms with Gasteiger partial charge >= 0.3 is 0 Å². The van der Waals surface area contributed by atoms with Crippen LogP contribution in [0.1, 0.15) is 5.56 Å². The molecule has 0 aliphatic rings. The second-order valence-electron chi connectivity index (χ2n) is 2.07. The van der Waals surface area contributed by atoms with E-state index in [4.69, 9.17) is 15.3 Å². The Morgan fingerprint density at radius 2 is 2.27 bits per heavy atom. The van der Waals surface area contributed by atoms with Gasteiger partial charge in [0.15, 0.2) is 0 Å². The second kappa shape index (κ2) is 3.05. The lowest BCUT2D eigenvalue weighted by Crippen LogP contribution is -1.88. The van der Waals surface area contributed by atoms with Crippen molar-refractivity contribution >= 4 is 6.21 Å². The Morgan fingerprint density at radius 3 is 2.82 bits per heavy atom. The molecule has 0 bridgehead atoms. The standard InChI is InChI=1S/C8H9NO2/c1-11-8-4-7(10)3-2-6(8)5-9/h2-5,9-10H,1H3. The SMILES string of the molecule is COc1cc(O)ccc1C=N. The lowest BCUT2D eigenvalue weighted by atomic mass is 10.2. The summed E-state index contributed by atoms with van der Waals surface area (Å²) in [5.41, 5.74) is 0.658. The summed E-state index contributed by atoms with van der Waals surface area (Å²) in [5, 5.41) is 16.0. The summed E-state index contributed by atoms with van der Waals surface area (Å²) in [6.07, 6.45) is 1.18. The van der Waals surface area contributed by atoms with E-state index >= 15 is 0 Å². The van der Waals surface area contributed by atoms with Gasteiger partial charge in [0.1, 0.15) is 11.5 Å². The van der Waals surface area contributed by atoms with E-state index in [9.17, 15) is 0 Å². The van der Waals surface area contributed by atoms with Crippen LogP contribution in [-0.2, 0) is 0 Å². The van der Waals surface area contributed by atoms with Crippen LogP contribution in [0.15, 0.2) is 18.2 Å². The highest BCUT2D eigenvalue weighted by molar-refractivity contribution is 5.81. The fourth-order valence-corrected chi connectivity index (χ4v) is 0.819. The van der Waals surface area contributed by atoms with Crippen molar-refractivity contribution in [2.24, 2.45) is 0 Å². The maximum Gasteiger partial charge on any atom is 0.131 e. The number of hydrogen-bond donors (Lipinski definition) is 2. The highest BCUT2D eigenvalue weighted by Crippen LogP contribution is 2.21. The van der Waals surface area contributed by atoms with E-state index in [1.54, 1.807) is 6.07 Å². The Hall–Kier alpha value is -1.51. The molecular weight excluding hydrogens is 142 g/mol. The van der Waals surface area contributed by atoms with E-state index in [2.05, 4.69) is 0 Å². The van der Waals surface area contributed by atoms with Gasteiger partial charge in [-0.15, -0.1) is 0 Å². The summed E-state index contributed by atoms with van der Waals surface area (Å²) in [7, 11) is 1.50. The van der Waals surface area contributed by atoms with Crippen molar-refractivity contribution < 1.29 is 9.84 Å². The molecule has 1 rings (SSSR count). The van der Waals surface area contributed by atoms with Crippen LogP contribution >= 0.6 is 0 Å². The van der Waals surface area contributed by atoms with Crippen molar-refractivity contribution in [3.05, 3.63) is 23.8 Å². The summed E-state index contributed by atoms with van der Waals surface area (Å²) in [6.45, 7) is 0. The molecule has 0 atom stereocenters. The first kappa shape index (κ1) is 7.60. The quantitative estimate of drug-likeness (QED) is 0.627. The average molecular weight is 151 g/mol. The van der Waals surface area contributed by atoms with Gasteiger partial charge in [-0.25, -0.2) is 0 Å². The monoisotopic (exact) mass is 151 g/mol. The summed E-state index contributed by atoms with van der Waals surface area (Å²) in [4.78, 5) is 0. The lowest BCUT2D eigenvalue weighted by molar-refractivity contribution is 0.407. The maximum absolute atomic E-state index is 9.01. The van der Waals surface area contributed by atoms with Gasteiger partial charge in [0.2, 0.25) is 0 Å². The second-order valence-corrected chi connectivity index (χ2v) is 2.07. The first-order valence-corrected chi connectivity index (χ1v) is 3.15. The van der Waals surface area contributed by atoms with E-state index in [1.165, 1.54) is 25.5 Å². The molecule has 0 amide bonds. The molecule has 0 aromatic heterocycles. The van der Waals surface area contributed by atoms with Crippen LogP contribution in [0.4, 0.5) is 0 Å². The van der Waals surface area contributed by atoms with Crippen molar-refractivity contribution in [2.45, 2.75) is 0 Å². The molecule has 0 unspecified atom stereocenters. The molecule has 1 aromatic carbocycles. The predicted octanol–water partition coefficient (Wildman–Crippen LogP) is 1.40. The van der Waals surface area contributed by atoms with E-state index in [0.29, 0.717) is 11.3 Å². The van der Waals surface area contributed by atoms with E-state index in [1.807, 2.05) is 0 Å². The Labute approximate surface area is 64.8 Å². The van der Waals surface area contributed by atoms with Crippen molar-refractivity contribution in [2.75, 3.05) is 7.11 Å².